The number of aromatic amines is 1. The van der Waals surface area contributed by atoms with Crippen LogP contribution >= 0.6 is 23.1 Å². The molecule has 0 aliphatic heterocycles. The molecular formula is C15H16N4S2. The number of hydrogen-bond donors (Lipinski definition) is 2. The number of rotatable bonds is 5. The van der Waals surface area contributed by atoms with E-state index in [2.05, 4.69) is 64.7 Å². The highest BCUT2D eigenvalue weighted by Crippen LogP contribution is 2.26. The van der Waals surface area contributed by atoms with Gasteiger partial charge in [-0.2, -0.15) is 5.10 Å². The average Bonchev–Trinajstić information content (AvgIpc) is 3.08. The molecule has 21 heavy (non-hydrogen) atoms. The van der Waals surface area contributed by atoms with Crippen molar-refractivity contribution in [2.45, 2.75) is 30.4 Å². The first kappa shape index (κ1) is 14.2. The van der Waals surface area contributed by atoms with Gasteiger partial charge in [0, 0.05) is 26.9 Å². The first-order valence-corrected chi connectivity index (χ1v) is 8.27. The van der Waals surface area contributed by atoms with E-state index in [-0.39, 0.29) is 0 Å². The Bertz CT molecular complexity index is 702. The summed E-state index contributed by atoms with van der Waals surface area (Å²) in [5.74, 6) is 0. The van der Waals surface area contributed by atoms with E-state index < -0.39 is 0 Å². The third-order valence-corrected chi connectivity index (χ3v) is 4.99. The van der Waals surface area contributed by atoms with Crippen LogP contribution in [-0.4, -0.2) is 15.2 Å². The number of nitrogens with zero attached hydrogens (tertiary/aromatic N) is 2. The van der Waals surface area contributed by atoms with Crippen LogP contribution < -0.4 is 5.32 Å². The second-order valence-electron chi connectivity index (χ2n) is 4.71. The molecule has 0 saturated carbocycles. The number of benzene rings is 1. The second kappa shape index (κ2) is 6.32. The van der Waals surface area contributed by atoms with E-state index in [1.807, 2.05) is 11.3 Å². The van der Waals surface area contributed by atoms with Crippen molar-refractivity contribution in [3.05, 3.63) is 52.0 Å². The highest BCUT2D eigenvalue weighted by molar-refractivity contribution is 7.99. The van der Waals surface area contributed by atoms with E-state index in [0.717, 1.165) is 22.3 Å². The Morgan fingerprint density at radius 1 is 1.24 bits per heavy atom. The summed E-state index contributed by atoms with van der Waals surface area (Å²) in [5, 5.41) is 11.0. The standard InChI is InChI=1S/C15H16N4S2/c1-10-7-12(11(2)20-10)8-16-13-3-5-14(6-4-13)21-15-17-9-18-19-15/h3-7,9,16H,8H2,1-2H3,(H,17,18,19). The molecule has 108 valence electrons. The monoisotopic (exact) mass is 316 g/mol. The molecular weight excluding hydrogens is 300 g/mol. The fourth-order valence-electron chi connectivity index (χ4n) is 2.05. The third kappa shape index (κ3) is 3.65. The fourth-order valence-corrected chi connectivity index (χ4v) is 3.69. The predicted octanol–water partition coefficient (Wildman–Crippen LogP) is 4.25. The molecule has 2 N–H and O–H groups in total. The molecule has 0 saturated heterocycles. The number of hydrogen-bond acceptors (Lipinski definition) is 5. The summed E-state index contributed by atoms with van der Waals surface area (Å²) < 4.78 is 0. The number of aromatic nitrogens is 3. The molecule has 2 heterocycles. The van der Waals surface area contributed by atoms with E-state index >= 15 is 0 Å². The third-order valence-electron chi connectivity index (χ3n) is 3.09. The maximum atomic E-state index is 4.10. The van der Waals surface area contributed by atoms with E-state index in [1.165, 1.54) is 21.6 Å². The lowest BCUT2D eigenvalue weighted by molar-refractivity contribution is 0.973. The summed E-state index contributed by atoms with van der Waals surface area (Å²) in [7, 11) is 0. The molecule has 2 aromatic heterocycles. The molecule has 4 nitrogen and oxygen atoms in total. The van der Waals surface area contributed by atoms with Gasteiger partial charge in [-0.25, -0.2) is 4.98 Å². The van der Waals surface area contributed by atoms with Gasteiger partial charge in [-0.05, 0) is 49.7 Å². The van der Waals surface area contributed by atoms with Crippen LogP contribution in [0.15, 0.2) is 46.7 Å². The molecule has 0 amide bonds. The zero-order valence-electron chi connectivity index (χ0n) is 11.9. The Morgan fingerprint density at radius 2 is 2.05 bits per heavy atom. The highest BCUT2D eigenvalue weighted by Gasteiger charge is 2.03. The lowest BCUT2D eigenvalue weighted by Crippen LogP contribution is -1.99. The van der Waals surface area contributed by atoms with Crippen LogP contribution in [0.5, 0.6) is 0 Å². The number of H-pyrrole nitrogens is 1. The van der Waals surface area contributed by atoms with Gasteiger partial charge in [-0.3, -0.25) is 5.10 Å². The van der Waals surface area contributed by atoms with E-state index in [0.29, 0.717) is 0 Å². The lowest BCUT2D eigenvalue weighted by Gasteiger charge is -2.07. The van der Waals surface area contributed by atoms with Crippen LogP contribution in [0.4, 0.5) is 5.69 Å². The summed E-state index contributed by atoms with van der Waals surface area (Å²) in [6.45, 7) is 5.19. The zero-order chi connectivity index (χ0) is 14.7. The highest BCUT2D eigenvalue weighted by atomic mass is 32.2. The maximum absolute atomic E-state index is 4.10. The minimum absolute atomic E-state index is 0.806. The molecule has 0 atom stereocenters. The van der Waals surface area contributed by atoms with E-state index in [1.54, 1.807) is 11.8 Å². The largest absolute Gasteiger partial charge is 0.381 e. The van der Waals surface area contributed by atoms with Crippen molar-refractivity contribution < 1.29 is 0 Å². The SMILES string of the molecule is Cc1cc(CNc2ccc(Sc3ncn[nH]3)cc2)c(C)s1. The summed E-state index contributed by atoms with van der Waals surface area (Å²) in [4.78, 5) is 7.99. The summed E-state index contributed by atoms with van der Waals surface area (Å²) >= 11 is 3.42. The van der Waals surface area contributed by atoms with Gasteiger partial charge in [-0.15, -0.1) is 11.3 Å². The Balaban J connectivity index is 1.60. The first-order chi connectivity index (χ1) is 10.2. The van der Waals surface area contributed by atoms with Gasteiger partial charge in [0.1, 0.15) is 6.33 Å². The van der Waals surface area contributed by atoms with Gasteiger partial charge in [0.05, 0.1) is 0 Å². The Hall–Kier alpha value is -1.79. The van der Waals surface area contributed by atoms with E-state index in [9.17, 15) is 0 Å². The zero-order valence-corrected chi connectivity index (χ0v) is 13.5. The van der Waals surface area contributed by atoms with Gasteiger partial charge >= 0.3 is 0 Å². The van der Waals surface area contributed by atoms with Gasteiger partial charge in [0.15, 0.2) is 5.16 Å². The molecule has 3 rings (SSSR count). The fraction of sp³-hybridized carbons (Fsp3) is 0.200. The van der Waals surface area contributed by atoms with Gasteiger partial charge < -0.3 is 5.32 Å². The molecule has 1 aromatic carbocycles. The number of nitrogens with one attached hydrogen (secondary N) is 2. The van der Waals surface area contributed by atoms with Gasteiger partial charge in [-0.1, -0.05) is 11.8 Å². The van der Waals surface area contributed by atoms with Crippen LogP contribution in [0.2, 0.25) is 0 Å². The van der Waals surface area contributed by atoms with Crippen molar-refractivity contribution in [3.8, 4) is 0 Å². The van der Waals surface area contributed by atoms with Crippen molar-refractivity contribution >= 4 is 28.8 Å². The van der Waals surface area contributed by atoms with Crippen LogP contribution in [0.1, 0.15) is 15.3 Å². The van der Waals surface area contributed by atoms with Crippen LogP contribution in [0, 0.1) is 13.8 Å². The van der Waals surface area contributed by atoms with Crippen LogP contribution in [-0.2, 0) is 6.54 Å². The Kier molecular flexibility index (Phi) is 4.26. The Morgan fingerprint density at radius 3 is 2.67 bits per heavy atom. The predicted molar refractivity (Wildman–Crippen MR) is 88.1 cm³/mol. The molecule has 3 aromatic rings. The molecule has 6 heteroatoms. The molecule has 0 radical (unpaired) electrons. The second-order valence-corrected chi connectivity index (χ2v) is 7.23. The minimum atomic E-state index is 0.806. The Labute approximate surface area is 132 Å². The minimum Gasteiger partial charge on any atom is -0.381 e. The smallest absolute Gasteiger partial charge is 0.188 e. The quantitative estimate of drug-likeness (QED) is 0.739. The van der Waals surface area contributed by atoms with Crippen LogP contribution in [0.25, 0.3) is 0 Å². The summed E-state index contributed by atoms with van der Waals surface area (Å²) in [6, 6.07) is 10.6. The molecule has 0 spiro atoms. The maximum Gasteiger partial charge on any atom is 0.188 e. The summed E-state index contributed by atoms with van der Waals surface area (Å²) in [5.41, 5.74) is 2.50. The topological polar surface area (TPSA) is 53.6 Å². The van der Waals surface area contributed by atoms with Crippen molar-refractivity contribution in [2.75, 3.05) is 5.32 Å². The van der Waals surface area contributed by atoms with Gasteiger partial charge in [0.2, 0.25) is 0 Å². The number of thiophene rings is 1. The van der Waals surface area contributed by atoms with Crippen molar-refractivity contribution in [3.63, 3.8) is 0 Å². The van der Waals surface area contributed by atoms with Crippen LogP contribution in [0.3, 0.4) is 0 Å². The molecule has 0 unspecified atom stereocenters. The van der Waals surface area contributed by atoms with E-state index in [4.69, 9.17) is 0 Å². The van der Waals surface area contributed by atoms with Crippen molar-refractivity contribution in [2.24, 2.45) is 0 Å². The van der Waals surface area contributed by atoms with Crippen molar-refractivity contribution in [1.29, 1.82) is 0 Å². The number of aryl methyl sites for hydroxylation is 2. The lowest BCUT2D eigenvalue weighted by atomic mass is 10.2. The molecule has 0 bridgehead atoms. The normalized spacial score (nSPS) is 10.8. The average molecular weight is 316 g/mol. The first-order valence-electron chi connectivity index (χ1n) is 6.64. The molecule has 0 aliphatic rings. The molecule has 0 aliphatic carbocycles. The number of anilines is 1. The van der Waals surface area contributed by atoms with Gasteiger partial charge in [0.25, 0.3) is 0 Å². The molecule has 0 fully saturated rings. The summed E-state index contributed by atoms with van der Waals surface area (Å²) in [6.07, 6.45) is 1.52. The van der Waals surface area contributed by atoms with Crippen molar-refractivity contribution in [1.82, 2.24) is 15.2 Å².